The maximum Gasteiger partial charge on any atom is 0.252 e. The molecule has 0 aromatic heterocycles. The van der Waals surface area contributed by atoms with Gasteiger partial charge in [-0.2, -0.15) is 0 Å². The van der Waals surface area contributed by atoms with Crippen LogP contribution in [0.25, 0.3) is 0 Å². The van der Waals surface area contributed by atoms with Crippen LogP contribution in [-0.4, -0.2) is 24.2 Å². The average molecular weight is 318 g/mol. The second-order valence-electron chi connectivity index (χ2n) is 5.65. The van der Waals surface area contributed by atoms with Crippen LogP contribution in [0.1, 0.15) is 42.5 Å². The molecule has 6 heteroatoms. The molecule has 1 aromatic rings. The molecule has 0 spiro atoms. The van der Waals surface area contributed by atoms with Crippen LogP contribution < -0.4 is 5.32 Å². The standard InChI is InChI=1S/C15H18ClF2NO2/c16-11-7-13(18)12(17)6-10(11)14(21)19-8-15(9-20)4-2-1-3-5-15/h6-7,20H,1-5,8-9H2,(H,19,21). The third-order valence-electron chi connectivity index (χ3n) is 4.13. The average Bonchev–Trinajstić information content (AvgIpc) is 2.49. The highest BCUT2D eigenvalue weighted by Crippen LogP contribution is 2.35. The lowest BCUT2D eigenvalue weighted by molar-refractivity contribution is 0.0718. The molecule has 1 saturated carbocycles. The first-order valence-corrected chi connectivity index (χ1v) is 7.39. The van der Waals surface area contributed by atoms with E-state index in [2.05, 4.69) is 5.32 Å². The van der Waals surface area contributed by atoms with Gasteiger partial charge >= 0.3 is 0 Å². The quantitative estimate of drug-likeness (QED) is 0.837. The highest BCUT2D eigenvalue weighted by Gasteiger charge is 2.32. The highest BCUT2D eigenvalue weighted by molar-refractivity contribution is 6.33. The highest BCUT2D eigenvalue weighted by atomic mass is 35.5. The molecule has 1 aromatic carbocycles. The lowest BCUT2D eigenvalue weighted by atomic mass is 9.74. The van der Waals surface area contributed by atoms with Crippen molar-refractivity contribution in [1.29, 1.82) is 0 Å². The van der Waals surface area contributed by atoms with Crippen molar-refractivity contribution in [2.75, 3.05) is 13.2 Å². The lowest BCUT2D eigenvalue weighted by Gasteiger charge is -2.35. The zero-order valence-electron chi connectivity index (χ0n) is 11.6. The van der Waals surface area contributed by atoms with E-state index >= 15 is 0 Å². The third kappa shape index (κ3) is 3.71. The van der Waals surface area contributed by atoms with Gasteiger partial charge in [0.15, 0.2) is 11.6 Å². The second kappa shape index (κ2) is 6.71. The molecule has 2 N–H and O–H groups in total. The minimum atomic E-state index is -1.11. The van der Waals surface area contributed by atoms with Crippen LogP contribution >= 0.6 is 11.6 Å². The minimum absolute atomic E-state index is 0.00120. The van der Waals surface area contributed by atoms with Crippen molar-refractivity contribution in [1.82, 2.24) is 5.32 Å². The van der Waals surface area contributed by atoms with E-state index < -0.39 is 17.5 Å². The molecular weight excluding hydrogens is 300 g/mol. The summed E-state index contributed by atoms with van der Waals surface area (Å²) in [4.78, 5) is 12.1. The lowest BCUT2D eigenvalue weighted by Crippen LogP contribution is -2.41. The van der Waals surface area contributed by atoms with Gasteiger partial charge in [0.1, 0.15) is 0 Å². The first-order chi connectivity index (χ1) is 9.97. The number of hydrogen-bond acceptors (Lipinski definition) is 2. The Labute approximate surface area is 127 Å². The van der Waals surface area contributed by atoms with Crippen molar-refractivity contribution in [2.24, 2.45) is 5.41 Å². The number of amides is 1. The number of hydrogen-bond donors (Lipinski definition) is 2. The molecule has 0 atom stereocenters. The van der Waals surface area contributed by atoms with E-state index in [-0.39, 0.29) is 22.6 Å². The number of benzene rings is 1. The van der Waals surface area contributed by atoms with Gasteiger partial charge in [0.25, 0.3) is 5.91 Å². The molecule has 3 nitrogen and oxygen atoms in total. The molecule has 0 heterocycles. The number of carbonyl (C=O) groups is 1. The van der Waals surface area contributed by atoms with Gasteiger partial charge in [-0.3, -0.25) is 4.79 Å². The zero-order valence-corrected chi connectivity index (χ0v) is 12.3. The van der Waals surface area contributed by atoms with Gasteiger partial charge in [-0.1, -0.05) is 30.9 Å². The Bertz CT molecular complexity index is 531. The number of carbonyl (C=O) groups excluding carboxylic acids is 1. The monoisotopic (exact) mass is 317 g/mol. The minimum Gasteiger partial charge on any atom is -0.396 e. The fourth-order valence-corrected chi connectivity index (χ4v) is 2.99. The van der Waals surface area contributed by atoms with E-state index in [0.29, 0.717) is 6.54 Å². The van der Waals surface area contributed by atoms with Gasteiger partial charge in [0.05, 0.1) is 17.2 Å². The Morgan fingerprint density at radius 2 is 1.86 bits per heavy atom. The molecule has 0 bridgehead atoms. The predicted molar refractivity (Wildman–Crippen MR) is 76.3 cm³/mol. The fourth-order valence-electron chi connectivity index (χ4n) is 2.75. The van der Waals surface area contributed by atoms with Gasteiger partial charge in [0.2, 0.25) is 0 Å². The van der Waals surface area contributed by atoms with E-state index in [1.54, 1.807) is 0 Å². The summed E-state index contributed by atoms with van der Waals surface area (Å²) in [5.74, 6) is -2.76. The van der Waals surface area contributed by atoms with Crippen LogP contribution in [0.4, 0.5) is 8.78 Å². The largest absolute Gasteiger partial charge is 0.396 e. The number of rotatable bonds is 4. The van der Waals surface area contributed by atoms with Gasteiger partial charge in [-0.15, -0.1) is 0 Å². The van der Waals surface area contributed by atoms with E-state index in [9.17, 15) is 18.7 Å². The molecule has 116 valence electrons. The van der Waals surface area contributed by atoms with Gasteiger partial charge in [-0.25, -0.2) is 8.78 Å². The Kier molecular flexibility index (Phi) is 5.17. The summed E-state index contributed by atoms with van der Waals surface area (Å²) in [6, 6.07) is 1.58. The number of aliphatic hydroxyl groups is 1. The summed E-state index contributed by atoms with van der Waals surface area (Å²) in [5.41, 5.74) is -0.418. The molecule has 2 rings (SSSR count). The molecule has 1 amide bonds. The predicted octanol–water partition coefficient (Wildman–Crippen LogP) is 3.29. The van der Waals surface area contributed by atoms with Crippen LogP contribution in [0.5, 0.6) is 0 Å². The molecule has 0 aliphatic heterocycles. The maximum absolute atomic E-state index is 13.2. The zero-order chi connectivity index (χ0) is 15.5. The van der Waals surface area contributed by atoms with Gasteiger partial charge in [0, 0.05) is 12.0 Å². The van der Waals surface area contributed by atoms with E-state index in [4.69, 9.17) is 11.6 Å². The molecule has 1 aliphatic rings. The SMILES string of the molecule is O=C(NCC1(CO)CCCCC1)c1cc(F)c(F)cc1Cl. The molecule has 0 saturated heterocycles. The molecular formula is C15H18ClF2NO2. The second-order valence-corrected chi connectivity index (χ2v) is 6.05. The summed E-state index contributed by atoms with van der Waals surface area (Å²) in [6.45, 7) is 0.302. The summed E-state index contributed by atoms with van der Waals surface area (Å²) in [5, 5.41) is 12.1. The summed E-state index contributed by atoms with van der Waals surface area (Å²) >= 11 is 5.77. The van der Waals surface area contributed by atoms with Crippen molar-refractivity contribution < 1.29 is 18.7 Å². The topological polar surface area (TPSA) is 49.3 Å². The Morgan fingerprint density at radius 1 is 1.24 bits per heavy atom. The first-order valence-electron chi connectivity index (χ1n) is 7.01. The van der Waals surface area contributed by atoms with E-state index in [1.807, 2.05) is 0 Å². The maximum atomic E-state index is 13.2. The van der Waals surface area contributed by atoms with Crippen LogP contribution in [-0.2, 0) is 0 Å². The number of halogens is 3. The first kappa shape index (κ1) is 16.2. The molecule has 21 heavy (non-hydrogen) atoms. The third-order valence-corrected chi connectivity index (χ3v) is 4.44. The fraction of sp³-hybridized carbons (Fsp3) is 0.533. The van der Waals surface area contributed by atoms with Crippen molar-refractivity contribution in [3.63, 3.8) is 0 Å². The Balaban J connectivity index is 2.06. The molecule has 1 fully saturated rings. The smallest absolute Gasteiger partial charge is 0.252 e. The van der Waals surface area contributed by atoms with Crippen molar-refractivity contribution in [2.45, 2.75) is 32.1 Å². The van der Waals surface area contributed by atoms with E-state index in [1.165, 1.54) is 0 Å². The number of nitrogens with one attached hydrogen (secondary N) is 1. The molecule has 1 aliphatic carbocycles. The summed E-state index contributed by atoms with van der Waals surface area (Å²) < 4.78 is 26.2. The van der Waals surface area contributed by atoms with Crippen LogP contribution in [0.2, 0.25) is 5.02 Å². The van der Waals surface area contributed by atoms with Crippen molar-refractivity contribution >= 4 is 17.5 Å². The van der Waals surface area contributed by atoms with Gasteiger partial charge < -0.3 is 10.4 Å². The number of aliphatic hydroxyl groups excluding tert-OH is 1. The van der Waals surface area contributed by atoms with Crippen LogP contribution in [0, 0.1) is 17.0 Å². The van der Waals surface area contributed by atoms with Crippen molar-refractivity contribution in [3.05, 3.63) is 34.4 Å². The Hall–Kier alpha value is -1.20. The summed E-state index contributed by atoms with van der Waals surface area (Å²) in [6.07, 6.45) is 4.85. The van der Waals surface area contributed by atoms with Crippen LogP contribution in [0.15, 0.2) is 12.1 Å². The van der Waals surface area contributed by atoms with Crippen molar-refractivity contribution in [3.8, 4) is 0 Å². The summed E-state index contributed by atoms with van der Waals surface area (Å²) in [7, 11) is 0. The Morgan fingerprint density at radius 3 is 2.48 bits per heavy atom. The van der Waals surface area contributed by atoms with Crippen LogP contribution in [0.3, 0.4) is 0 Å². The van der Waals surface area contributed by atoms with E-state index in [0.717, 1.165) is 44.2 Å². The van der Waals surface area contributed by atoms with Gasteiger partial charge in [-0.05, 0) is 25.0 Å². The molecule has 0 unspecified atom stereocenters. The molecule has 0 radical (unpaired) electrons. The normalized spacial score (nSPS) is 17.5.